The van der Waals surface area contributed by atoms with Crippen molar-refractivity contribution >= 4 is 29.2 Å². The van der Waals surface area contributed by atoms with Crippen molar-refractivity contribution in [2.75, 3.05) is 0 Å². The number of nitrogens with zero attached hydrogens (tertiary/aromatic N) is 1. The molecule has 0 spiro atoms. The molecule has 1 heterocycles. The molecule has 3 rings (SSSR count). The maximum Gasteiger partial charge on any atom is 0.326 e. The molecule has 1 aliphatic heterocycles. The quantitative estimate of drug-likeness (QED) is 0.816. The molecule has 2 aromatic rings. The third kappa shape index (κ3) is 4.40. The second-order valence-corrected chi connectivity index (χ2v) is 6.37. The van der Waals surface area contributed by atoms with Crippen LogP contribution in [0.15, 0.2) is 59.8 Å². The largest absolute Gasteiger partial charge is 0.480 e. The number of hydrogen-bond acceptors (Lipinski definition) is 4. The summed E-state index contributed by atoms with van der Waals surface area (Å²) in [6.07, 6.45) is -0.386. The van der Waals surface area contributed by atoms with Gasteiger partial charge in [-0.05, 0) is 23.3 Å². The predicted molar refractivity (Wildman–Crippen MR) is 97.2 cm³/mol. The second-order valence-electron chi connectivity index (χ2n) is 5.93. The number of carboxylic acid groups (broad SMARTS) is 1. The first-order chi connectivity index (χ1) is 12.5. The smallest absolute Gasteiger partial charge is 0.326 e. The Labute approximate surface area is 155 Å². The topological polar surface area (TPSA) is 88.0 Å². The molecular formula is C19H17ClN2O4. The van der Waals surface area contributed by atoms with Crippen molar-refractivity contribution in [1.82, 2.24) is 5.32 Å². The van der Waals surface area contributed by atoms with Gasteiger partial charge in [-0.15, -0.1) is 0 Å². The zero-order valence-corrected chi connectivity index (χ0v) is 14.5. The molecular weight excluding hydrogens is 356 g/mol. The standard InChI is InChI=1S/C19H17ClN2O4/c20-14-8-6-13(7-9-14)15-11-17(26-22-15)18(23)21-16(19(24)25)10-12-4-2-1-3-5-12/h1-9,16-17H,10-11H2,(H,21,23)(H,24,25)/t16-,17-/m0/s1. The van der Waals surface area contributed by atoms with Crippen molar-refractivity contribution in [2.45, 2.75) is 25.0 Å². The highest BCUT2D eigenvalue weighted by Crippen LogP contribution is 2.19. The molecule has 2 N–H and O–H groups in total. The maximum atomic E-state index is 12.4. The SMILES string of the molecule is O=C(O)[C@H](Cc1ccccc1)NC(=O)[C@@H]1CC(c2ccc(Cl)cc2)=NO1. The van der Waals surface area contributed by atoms with Gasteiger partial charge in [0, 0.05) is 17.9 Å². The minimum absolute atomic E-state index is 0.194. The predicted octanol–water partition coefficient (Wildman–Crippen LogP) is 2.65. The molecule has 0 bridgehead atoms. The Kier molecular flexibility index (Phi) is 5.53. The van der Waals surface area contributed by atoms with E-state index in [0.29, 0.717) is 10.7 Å². The molecule has 0 saturated carbocycles. The molecule has 2 atom stereocenters. The van der Waals surface area contributed by atoms with Crippen LogP contribution in [0.5, 0.6) is 0 Å². The van der Waals surface area contributed by atoms with Gasteiger partial charge in [0.1, 0.15) is 6.04 Å². The van der Waals surface area contributed by atoms with Gasteiger partial charge in [0.25, 0.3) is 5.91 Å². The molecule has 1 amide bonds. The average Bonchev–Trinajstić information content (AvgIpc) is 3.13. The number of oxime groups is 1. The Bertz CT molecular complexity index is 821. The number of carbonyl (C=O) groups is 2. The van der Waals surface area contributed by atoms with Crippen molar-refractivity contribution in [3.05, 3.63) is 70.7 Å². The highest BCUT2D eigenvalue weighted by atomic mass is 35.5. The summed E-state index contributed by atoms with van der Waals surface area (Å²) in [5.74, 6) is -1.60. The van der Waals surface area contributed by atoms with Gasteiger partial charge in [-0.25, -0.2) is 4.79 Å². The number of halogens is 1. The maximum absolute atomic E-state index is 12.4. The van der Waals surface area contributed by atoms with Gasteiger partial charge in [0.15, 0.2) is 0 Å². The molecule has 0 radical (unpaired) electrons. The van der Waals surface area contributed by atoms with Crippen molar-refractivity contribution < 1.29 is 19.5 Å². The highest BCUT2D eigenvalue weighted by molar-refractivity contribution is 6.30. The summed E-state index contributed by atoms with van der Waals surface area (Å²) in [5, 5.41) is 16.5. The van der Waals surface area contributed by atoms with Gasteiger partial charge in [-0.3, -0.25) is 4.79 Å². The van der Waals surface area contributed by atoms with E-state index in [1.54, 1.807) is 24.3 Å². The fourth-order valence-electron chi connectivity index (χ4n) is 2.65. The summed E-state index contributed by atoms with van der Waals surface area (Å²) in [5.41, 5.74) is 2.26. The molecule has 0 aliphatic carbocycles. The lowest BCUT2D eigenvalue weighted by molar-refractivity contribution is -0.143. The van der Waals surface area contributed by atoms with E-state index in [4.69, 9.17) is 16.4 Å². The number of benzene rings is 2. The van der Waals surface area contributed by atoms with Crippen LogP contribution >= 0.6 is 11.6 Å². The van der Waals surface area contributed by atoms with E-state index < -0.39 is 24.0 Å². The van der Waals surface area contributed by atoms with Crippen LogP contribution in [0.25, 0.3) is 0 Å². The van der Waals surface area contributed by atoms with E-state index in [-0.39, 0.29) is 12.8 Å². The van der Waals surface area contributed by atoms with Crippen LogP contribution in [0, 0.1) is 0 Å². The molecule has 26 heavy (non-hydrogen) atoms. The van der Waals surface area contributed by atoms with Gasteiger partial charge in [-0.1, -0.05) is 59.2 Å². The first-order valence-electron chi connectivity index (χ1n) is 8.08. The summed E-state index contributed by atoms with van der Waals surface area (Å²) < 4.78 is 0. The third-order valence-corrected chi connectivity index (χ3v) is 4.29. The minimum Gasteiger partial charge on any atom is -0.480 e. The summed E-state index contributed by atoms with van der Waals surface area (Å²) in [6.45, 7) is 0. The Hall–Kier alpha value is -2.86. The van der Waals surface area contributed by atoms with E-state index in [9.17, 15) is 14.7 Å². The molecule has 0 unspecified atom stereocenters. The first kappa shape index (κ1) is 17.9. The number of rotatable bonds is 6. The zero-order valence-electron chi connectivity index (χ0n) is 13.8. The molecule has 0 fully saturated rings. The lowest BCUT2D eigenvalue weighted by Gasteiger charge is -2.16. The monoisotopic (exact) mass is 372 g/mol. The lowest BCUT2D eigenvalue weighted by atomic mass is 10.0. The number of hydrogen-bond donors (Lipinski definition) is 2. The van der Waals surface area contributed by atoms with E-state index in [1.807, 2.05) is 30.3 Å². The van der Waals surface area contributed by atoms with Crippen LogP contribution in [0.4, 0.5) is 0 Å². The lowest BCUT2D eigenvalue weighted by Crippen LogP contribution is -2.46. The van der Waals surface area contributed by atoms with E-state index in [2.05, 4.69) is 10.5 Å². The van der Waals surface area contributed by atoms with Gasteiger partial charge < -0.3 is 15.3 Å². The van der Waals surface area contributed by atoms with Crippen molar-refractivity contribution in [3.8, 4) is 0 Å². The van der Waals surface area contributed by atoms with Crippen LogP contribution in [0.3, 0.4) is 0 Å². The highest BCUT2D eigenvalue weighted by Gasteiger charge is 2.31. The fourth-order valence-corrected chi connectivity index (χ4v) is 2.77. The van der Waals surface area contributed by atoms with Gasteiger partial charge in [-0.2, -0.15) is 0 Å². The summed E-state index contributed by atoms with van der Waals surface area (Å²) in [6, 6.07) is 15.1. The van der Waals surface area contributed by atoms with Crippen LogP contribution in [0.1, 0.15) is 17.5 Å². The van der Waals surface area contributed by atoms with Crippen molar-refractivity contribution in [3.63, 3.8) is 0 Å². The normalized spacial score (nSPS) is 17.1. The third-order valence-electron chi connectivity index (χ3n) is 4.04. The van der Waals surface area contributed by atoms with Crippen molar-refractivity contribution in [2.24, 2.45) is 5.16 Å². The van der Waals surface area contributed by atoms with Gasteiger partial charge >= 0.3 is 5.97 Å². The number of carboxylic acids is 1. The van der Waals surface area contributed by atoms with Gasteiger partial charge in [0.2, 0.25) is 6.10 Å². The number of aliphatic carboxylic acids is 1. The summed E-state index contributed by atoms with van der Waals surface area (Å²) in [7, 11) is 0. The van der Waals surface area contributed by atoms with Gasteiger partial charge in [0.05, 0.1) is 5.71 Å². The zero-order chi connectivity index (χ0) is 18.5. The first-order valence-corrected chi connectivity index (χ1v) is 8.46. The van der Waals surface area contributed by atoms with E-state index in [0.717, 1.165) is 11.1 Å². The second kappa shape index (κ2) is 8.01. The number of carbonyl (C=O) groups excluding carboxylic acids is 1. The Morgan fingerprint density at radius 3 is 2.54 bits per heavy atom. The van der Waals surface area contributed by atoms with Crippen molar-refractivity contribution in [1.29, 1.82) is 0 Å². The minimum atomic E-state index is -1.10. The Morgan fingerprint density at radius 1 is 1.19 bits per heavy atom. The van der Waals surface area contributed by atoms with Crippen LogP contribution in [-0.4, -0.2) is 34.8 Å². The van der Waals surface area contributed by atoms with Crippen LogP contribution in [0.2, 0.25) is 5.02 Å². The van der Waals surface area contributed by atoms with Crippen LogP contribution in [-0.2, 0) is 20.8 Å². The molecule has 0 aromatic heterocycles. The average molecular weight is 373 g/mol. The molecule has 1 aliphatic rings. The summed E-state index contributed by atoms with van der Waals surface area (Å²) >= 11 is 5.86. The van der Waals surface area contributed by atoms with Crippen LogP contribution < -0.4 is 5.32 Å². The fraction of sp³-hybridized carbons (Fsp3) is 0.211. The number of amides is 1. The molecule has 134 valence electrons. The Balaban J connectivity index is 1.60. The molecule has 2 aromatic carbocycles. The molecule has 6 nitrogen and oxygen atoms in total. The van der Waals surface area contributed by atoms with E-state index >= 15 is 0 Å². The Morgan fingerprint density at radius 2 is 1.88 bits per heavy atom. The summed E-state index contributed by atoms with van der Waals surface area (Å²) in [4.78, 5) is 29.1. The van der Waals surface area contributed by atoms with E-state index in [1.165, 1.54) is 0 Å². The molecule has 0 saturated heterocycles. The molecule has 7 heteroatoms. The number of nitrogens with one attached hydrogen (secondary N) is 1.